The van der Waals surface area contributed by atoms with Crippen LogP contribution >= 0.6 is 23.2 Å². The zero-order valence-corrected chi connectivity index (χ0v) is 5.87. The first kappa shape index (κ1) is 8.05. The predicted molar refractivity (Wildman–Crippen MR) is 32.1 cm³/mol. The van der Waals surface area contributed by atoms with E-state index in [-0.39, 0.29) is 5.88 Å². The Bertz CT molecular complexity index is 84.1. The molecular weight excluding hydrogens is 151 g/mol. The van der Waals surface area contributed by atoms with Crippen molar-refractivity contribution in [2.75, 3.05) is 5.88 Å². The van der Waals surface area contributed by atoms with Crippen LogP contribution in [0.15, 0.2) is 0 Å². The maximum atomic E-state index is 10.0. The van der Waals surface area contributed by atoms with Crippen LogP contribution in [0.5, 0.6) is 0 Å². The molecule has 8 heavy (non-hydrogen) atoms. The first-order valence-corrected chi connectivity index (χ1v) is 3.01. The Labute approximate surface area is 57.7 Å². The molecule has 0 bridgehead atoms. The minimum absolute atomic E-state index is 0.126. The molecule has 0 aromatic carbocycles. The minimum atomic E-state index is -0.686. The van der Waals surface area contributed by atoms with Crippen LogP contribution < -0.4 is 0 Å². The lowest BCUT2D eigenvalue weighted by Gasteiger charge is -2.02. The highest BCUT2D eigenvalue weighted by Crippen LogP contribution is 1.99. The number of halogens is 2. The van der Waals surface area contributed by atoms with Crippen LogP contribution in [0.4, 0.5) is 0 Å². The third-order valence-corrected chi connectivity index (χ3v) is 1.10. The van der Waals surface area contributed by atoms with Gasteiger partial charge in [0.2, 0.25) is 0 Å². The highest BCUT2D eigenvalue weighted by molar-refractivity contribution is 6.27. The van der Waals surface area contributed by atoms with Crippen LogP contribution in [0.3, 0.4) is 0 Å². The Kier molecular flexibility index (Phi) is 4.01. The summed E-state index contributed by atoms with van der Waals surface area (Å²) in [6.07, 6.45) is 0. The van der Waals surface area contributed by atoms with Crippen molar-refractivity contribution in [2.24, 2.45) is 0 Å². The van der Waals surface area contributed by atoms with Gasteiger partial charge in [0.25, 0.3) is 0 Å². The molecule has 0 rings (SSSR count). The molecule has 0 radical (unpaired) electrons. The van der Waals surface area contributed by atoms with Gasteiger partial charge in [0.1, 0.15) is 0 Å². The van der Waals surface area contributed by atoms with E-state index in [1.807, 2.05) is 0 Å². The van der Waals surface area contributed by atoms with E-state index in [1.54, 1.807) is 0 Å². The zero-order valence-electron chi connectivity index (χ0n) is 4.36. The number of rotatable bonds is 2. The Balaban J connectivity index is 3.24. The first-order chi connectivity index (χ1) is 3.66. The van der Waals surface area contributed by atoms with E-state index in [0.717, 1.165) is 0 Å². The molecule has 0 heterocycles. The van der Waals surface area contributed by atoms with Crippen LogP contribution in [0.1, 0.15) is 6.92 Å². The summed E-state index contributed by atoms with van der Waals surface area (Å²) >= 11 is 10.5. The summed E-state index contributed by atoms with van der Waals surface area (Å²) < 4.78 is 4.39. The Hall–Kier alpha value is 0.0500. The Morgan fingerprint density at radius 3 is 2.50 bits per heavy atom. The van der Waals surface area contributed by atoms with Crippen molar-refractivity contribution in [3.05, 3.63) is 0 Å². The van der Waals surface area contributed by atoms with Gasteiger partial charge in [-0.2, -0.15) is 0 Å². The second kappa shape index (κ2) is 3.98. The van der Waals surface area contributed by atoms with Gasteiger partial charge in [-0.3, -0.25) is 4.79 Å². The molecule has 0 spiro atoms. The number of alkyl halides is 2. The normalized spacial score (nSPS) is 12.9. The lowest BCUT2D eigenvalue weighted by Crippen LogP contribution is -2.10. The summed E-state index contributed by atoms with van der Waals surface area (Å²) in [5.41, 5.74) is -0.686. The van der Waals surface area contributed by atoms with Gasteiger partial charge >= 0.3 is 5.97 Å². The number of carbonyl (C=O) groups is 1. The molecule has 2 nitrogen and oxygen atoms in total. The molecule has 0 N–H and O–H groups in total. The molecular formula is C4H6Cl2O2. The fraction of sp³-hybridized carbons (Fsp3) is 0.750. The fourth-order valence-electron chi connectivity index (χ4n) is 0.212. The van der Waals surface area contributed by atoms with Gasteiger partial charge in [-0.05, 0) is 0 Å². The van der Waals surface area contributed by atoms with Gasteiger partial charge in [0, 0.05) is 6.92 Å². The average Bonchev–Trinajstić information content (AvgIpc) is 1.65. The molecule has 0 saturated heterocycles. The van der Waals surface area contributed by atoms with Crippen LogP contribution in [-0.2, 0) is 9.53 Å². The van der Waals surface area contributed by atoms with Gasteiger partial charge in [0.15, 0.2) is 5.56 Å². The van der Waals surface area contributed by atoms with E-state index in [1.165, 1.54) is 6.92 Å². The first-order valence-electron chi connectivity index (χ1n) is 2.04. The summed E-state index contributed by atoms with van der Waals surface area (Å²) in [6, 6.07) is 0. The van der Waals surface area contributed by atoms with Crippen molar-refractivity contribution in [1.82, 2.24) is 0 Å². The summed E-state index contributed by atoms with van der Waals surface area (Å²) in [4.78, 5) is 10.0. The van der Waals surface area contributed by atoms with Crippen LogP contribution in [-0.4, -0.2) is 17.4 Å². The lowest BCUT2D eigenvalue weighted by atomic mass is 10.8. The zero-order chi connectivity index (χ0) is 6.57. The van der Waals surface area contributed by atoms with Crippen LogP contribution in [0, 0.1) is 0 Å². The largest absolute Gasteiger partial charge is 0.445 e. The van der Waals surface area contributed by atoms with Crippen LogP contribution in [0.25, 0.3) is 0 Å². The van der Waals surface area contributed by atoms with Crippen molar-refractivity contribution in [3.8, 4) is 0 Å². The van der Waals surface area contributed by atoms with E-state index in [4.69, 9.17) is 23.2 Å². The molecule has 0 saturated carbocycles. The maximum Gasteiger partial charge on any atom is 0.304 e. The molecule has 0 aliphatic heterocycles. The van der Waals surface area contributed by atoms with Crippen molar-refractivity contribution < 1.29 is 9.53 Å². The predicted octanol–water partition coefficient (Wildman–Crippen LogP) is 1.35. The standard InChI is InChI=1S/C4H6Cl2O2/c1-3(7)8-4(6)2-5/h4H,2H2,1H3/t4-/m1/s1. The fourth-order valence-corrected chi connectivity index (χ4v) is 0.400. The third-order valence-electron chi connectivity index (χ3n) is 0.415. The summed E-state index contributed by atoms with van der Waals surface area (Å²) in [6.45, 7) is 1.28. The van der Waals surface area contributed by atoms with E-state index in [9.17, 15) is 4.79 Å². The minimum Gasteiger partial charge on any atom is -0.445 e. The molecule has 0 aromatic rings. The lowest BCUT2D eigenvalue weighted by molar-refractivity contribution is -0.141. The number of carbonyl (C=O) groups excluding carboxylic acids is 1. The smallest absolute Gasteiger partial charge is 0.304 e. The second-order valence-corrected chi connectivity index (χ2v) is 1.97. The Morgan fingerprint density at radius 1 is 1.88 bits per heavy atom. The monoisotopic (exact) mass is 156 g/mol. The molecule has 0 unspecified atom stereocenters. The van der Waals surface area contributed by atoms with Gasteiger partial charge < -0.3 is 4.74 Å². The van der Waals surface area contributed by atoms with E-state index < -0.39 is 11.5 Å². The number of ether oxygens (including phenoxy) is 1. The molecule has 0 fully saturated rings. The molecule has 0 aromatic heterocycles. The van der Waals surface area contributed by atoms with E-state index in [0.29, 0.717) is 0 Å². The van der Waals surface area contributed by atoms with Crippen molar-refractivity contribution >= 4 is 29.2 Å². The SMILES string of the molecule is CC(=O)O[C@@H](Cl)CCl. The highest BCUT2D eigenvalue weighted by Gasteiger charge is 2.03. The van der Waals surface area contributed by atoms with Gasteiger partial charge in [-0.1, -0.05) is 11.6 Å². The molecule has 4 heteroatoms. The van der Waals surface area contributed by atoms with E-state index >= 15 is 0 Å². The van der Waals surface area contributed by atoms with Gasteiger partial charge in [0.05, 0.1) is 5.88 Å². The topological polar surface area (TPSA) is 26.3 Å². The molecule has 0 amide bonds. The van der Waals surface area contributed by atoms with E-state index in [2.05, 4.69) is 4.74 Å². The summed E-state index contributed by atoms with van der Waals surface area (Å²) in [5, 5.41) is 0. The third kappa shape index (κ3) is 4.22. The average molecular weight is 157 g/mol. The van der Waals surface area contributed by atoms with Crippen molar-refractivity contribution in [3.63, 3.8) is 0 Å². The molecule has 0 aliphatic carbocycles. The number of hydrogen-bond acceptors (Lipinski definition) is 2. The summed E-state index contributed by atoms with van der Waals surface area (Å²) in [7, 11) is 0. The maximum absolute atomic E-state index is 10.0. The quantitative estimate of drug-likeness (QED) is 0.446. The van der Waals surface area contributed by atoms with Gasteiger partial charge in [-0.15, -0.1) is 11.6 Å². The molecule has 0 aliphatic rings. The summed E-state index contributed by atoms with van der Waals surface area (Å²) in [5.74, 6) is -0.285. The number of hydrogen-bond donors (Lipinski definition) is 0. The van der Waals surface area contributed by atoms with Crippen molar-refractivity contribution in [2.45, 2.75) is 12.5 Å². The van der Waals surface area contributed by atoms with Crippen LogP contribution in [0.2, 0.25) is 0 Å². The van der Waals surface area contributed by atoms with Crippen molar-refractivity contribution in [1.29, 1.82) is 0 Å². The number of esters is 1. The van der Waals surface area contributed by atoms with Gasteiger partial charge in [-0.25, -0.2) is 0 Å². The molecule has 1 atom stereocenters. The second-order valence-electron chi connectivity index (χ2n) is 1.17. The Morgan fingerprint density at radius 2 is 2.38 bits per heavy atom. The molecule has 48 valence electrons. The highest BCUT2D eigenvalue weighted by atomic mass is 35.5.